The lowest BCUT2D eigenvalue weighted by Crippen LogP contribution is -2.39. The lowest BCUT2D eigenvalue weighted by molar-refractivity contribution is -0.125. The molecule has 4 N–H and O–H groups in total. The van der Waals surface area contributed by atoms with Gasteiger partial charge in [0.05, 0.1) is 6.54 Å². The highest BCUT2D eigenvalue weighted by atomic mass is 35.5. The number of halogens is 1. The van der Waals surface area contributed by atoms with Crippen LogP contribution in [0.15, 0.2) is 18.2 Å². The number of amides is 2. The molecule has 0 saturated carbocycles. The van der Waals surface area contributed by atoms with E-state index in [4.69, 9.17) is 22.4 Å². The number of rotatable bonds is 4. The first kappa shape index (κ1) is 13.5. The lowest BCUT2D eigenvalue weighted by Gasteiger charge is -2.09. The average molecular weight is 257 g/mol. The van der Waals surface area contributed by atoms with Crippen LogP contribution in [-0.2, 0) is 4.79 Å². The summed E-state index contributed by atoms with van der Waals surface area (Å²) in [4.78, 5) is 22.2. The third-order valence-electron chi connectivity index (χ3n) is 2.20. The van der Waals surface area contributed by atoms with Crippen molar-refractivity contribution in [2.45, 2.75) is 13.0 Å². The summed E-state index contributed by atoms with van der Waals surface area (Å²) >= 11 is 5.82. The van der Waals surface area contributed by atoms with Gasteiger partial charge in [-0.3, -0.25) is 9.59 Å². The van der Waals surface area contributed by atoms with Gasteiger partial charge in [0.25, 0.3) is 5.91 Å². The maximum absolute atomic E-state index is 11.6. The van der Waals surface area contributed by atoms with Gasteiger partial charge in [0.15, 0.2) is 0 Å². The Bertz CT molecular complexity index is 448. The predicted molar refractivity (Wildman–Crippen MR) is 63.7 cm³/mol. The van der Waals surface area contributed by atoms with Crippen molar-refractivity contribution >= 4 is 23.4 Å². The van der Waals surface area contributed by atoms with Gasteiger partial charge in [-0.15, -0.1) is 0 Å². The van der Waals surface area contributed by atoms with E-state index in [0.29, 0.717) is 10.6 Å². The van der Waals surface area contributed by atoms with Crippen LogP contribution < -0.4 is 11.1 Å². The first-order valence-corrected chi connectivity index (χ1v) is 5.31. The molecule has 1 aromatic rings. The molecule has 0 aliphatic heterocycles. The number of carbonyl (C=O) groups excluding carboxylic acids is 2. The van der Waals surface area contributed by atoms with E-state index in [9.17, 15) is 9.59 Å². The molecule has 0 aliphatic rings. The highest BCUT2D eigenvalue weighted by molar-refractivity contribution is 6.31. The highest BCUT2D eigenvalue weighted by Gasteiger charge is 2.13. The molecule has 0 heterocycles. The second-order valence-electron chi connectivity index (χ2n) is 3.59. The topological polar surface area (TPSA) is 92.4 Å². The fraction of sp³-hybridized carbons (Fsp3) is 0.273. The minimum absolute atomic E-state index is 0.212. The molecule has 1 unspecified atom stereocenters. The lowest BCUT2D eigenvalue weighted by atomic mass is 10.1. The number of nitrogens with two attached hydrogens (primary N) is 1. The molecular formula is C11H13ClN2O3. The maximum Gasteiger partial charge on any atom is 0.251 e. The number of carbonyl (C=O) groups is 2. The first-order valence-electron chi connectivity index (χ1n) is 4.93. The molecule has 17 heavy (non-hydrogen) atoms. The minimum Gasteiger partial charge on any atom is -0.381 e. The van der Waals surface area contributed by atoms with Crippen molar-refractivity contribution in [3.8, 4) is 0 Å². The number of benzene rings is 1. The van der Waals surface area contributed by atoms with Gasteiger partial charge in [-0.05, 0) is 30.7 Å². The van der Waals surface area contributed by atoms with Crippen LogP contribution in [0, 0.1) is 6.92 Å². The fourth-order valence-corrected chi connectivity index (χ4v) is 1.30. The van der Waals surface area contributed by atoms with E-state index in [-0.39, 0.29) is 6.54 Å². The van der Waals surface area contributed by atoms with Crippen molar-refractivity contribution in [1.29, 1.82) is 0 Å². The van der Waals surface area contributed by atoms with E-state index in [1.54, 1.807) is 25.1 Å². The van der Waals surface area contributed by atoms with Crippen LogP contribution in [0.5, 0.6) is 0 Å². The molecule has 0 bridgehead atoms. The summed E-state index contributed by atoms with van der Waals surface area (Å²) in [5.74, 6) is -1.28. The quantitative estimate of drug-likeness (QED) is 0.720. The van der Waals surface area contributed by atoms with Gasteiger partial charge in [-0.25, -0.2) is 0 Å². The second kappa shape index (κ2) is 5.65. The zero-order valence-corrected chi connectivity index (χ0v) is 9.99. The minimum atomic E-state index is -1.38. The molecule has 0 fully saturated rings. The molecule has 0 radical (unpaired) electrons. The van der Waals surface area contributed by atoms with E-state index in [0.717, 1.165) is 5.56 Å². The van der Waals surface area contributed by atoms with Crippen molar-refractivity contribution in [1.82, 2.24) is 5.32 Å². The van der Waals surface area contributed by atoms with E-state index in [2.05, 4.69) is 5.32 Å². The monoisotopic (exact) mass is 256 g/mol. The van der Waals surface area contributed by atoms with Crippen molar-refractivity contribution in [2.24, 2.45) is 5.73 Å². The SMILES string of the molecule is Cc1cc(C(=O)NCC(O)C(N)=O)ccc1Cl. The van der Waals surface area contributed by atoms with Gasteiger partial charge in [-0.1, -0.05) is 11.6 Å². The van der Waals surface area contributed by atoms with Crippen molar-refractivity contribution in [3.05, 3.63) is 34.3 Å². The molecule has 2 amide bonds. The second-order valence-corrected chi connectivity index (χ2v) is 4.00. The normalized spacial score (nSPS) is 11.9. The summed E-state index contributed by atoms with van der Waals surface area (Å²) in [6.45, 7) is 1.56. The van der Waals surface area contributed by atoms with Crippen molar-refractivity contribution in [3.63, 3.8) is 0 Å². The van der Waals surface area contributed by atoms with E-state index >= 15 is 0 Å². The fourth-order valence-electron chi connectivity index (χ4n) is 1.18. The van der Waals surface area contributed by atoms with Crippen LogP contribution >= 0.6 is 11.6 Å². The van der Waals surface area contributed by atoms with Gasteiger partial charge in [0, 0.05) is 10.6 Å². The highest BCUT2D eigenvalue weighted by Crippen LogP contribution is 2.16. The summed E-state index contributed by atoms with van der Waals surface area (Å²) < 4.78 is 0. The van der Waals surface area contributed by atoms with Gasteiger partial charge < -0.3 is 16.2 Å². The Kier molecular flexibility index (Phi) is 4.48. The molecule has 92 valence electrons. The third kappa shape index (κ3) is 3.72. The smallest absolute Gasteiger partial charge is 0.251 e. The summed E-state index contributed by atoms with van der Waals surface area (Å²) in [6.07, 6.45) is -1.38. The zero-order chi connectivity index (χ0) is 13.0. The van der Waals surface area contributed by atoms with Crippen LogP contribution in [0.1, 0.15) is 15.9 Å². The Morgan fingerprint density at radius 2 is 2.18 bits per heavy atom. The summed E-state index contributed by atoms with van der Waals surface area (Å²) in [7, 11) is 0. The Morgan fingerprint density at radius 1 is 1.53 bits per heavy atom. The van der Waals surface area contributed by atoms with Crippen molar-refractivity contribution in [2.75, 3.05) is 6.54 Å². The molecule has 0 spiro atoms. The summed E-state index contributed by atoms with van der Waals surface area (Å²) in [6, 6.07) is 4.78. The molecule has 0 aromatic heterocycles. The maximum atomic E-state index is 11.6. The van der Waals surface area contributed by atoms with E-state index in [1.165, 1.54) is 0 Å². The standard InChI is InChI=1S/C11H13ClN2O3/c1-6-4-7(2-3-8(6)12)11(17)14-5-9(15)10(13)16/h2-4,9,15H,5H2,1H3,(H2,13,16)(H,14,17). The number of nitrogens with one attached hydrogen (secondary N) is 1. The van der Waals surface area contributed by atoms with Gasteiger partial charge >= 0.3 is 0 Å². The van der Waals surface area contributed by atoms with Crippen LogP contribution in [0.25, 0.3) is 0 Å². The Hall–Kier alpha value is -1.59. The molecule has 5 nitrogen and oxygen atoms in total. The largest absolute Gasteiger partial charge is 0.381 e. The Balaban J connectivity index is 2.64. The molecule has 1 aromatic carbocycles. The van der Waals surface area contributed by atoms with Gasteiger partial charge in [0.2, 0.25) is 5.91 Å². The molecule has 1 atom stereocenters. The average Bonchev–Trinajstić information content (AvgIpc) is 2.28. The summed E-state index contributed by atoms with van der Waals surface area (Å²) in [5.41, 5.74) is 6.03. The van der Waals surface area contributed by atoms with Crippen LogP contribution in [0.3, 0.4) is 0 Å². The zero-order valence-electron chi connectivity index (χ0n) is 9.24. The van der Waals surface area contributed by atoms with Crippen LogP contribution in [-0.4, -0.2) is 29.6 Å². The first-order chi connectivity index (χ1) is 7.91. The molecular weight excluding hydrogens is 244 g/mol. The molecule has 6 heteroatoms. The van der Waals surface area contributed by atoms with E-state index < -0.39 is 17.9 Å². The number of hydrogen-bond acceptors (Lipinski definition) is 3. The number of hydrogen-bond donors (Lipinski definition) is 3. The number of primary amides is 1. The van der Waals surface area contributed by atoms with Crippen molar-refractivity contribution < 1.29 is 14.7 Å². The number of aliphatic hydroxyl groups is 1. The Labute approximate surface area is 104 Å². The van der Waals surface area contributed by atoms with Gasteiger partial charge in [0.1, 0.15) is 6.10 Å². The molecule has 1 rings (SSSR count). The molecule has 0 aliphatic carbocycles. The third-order valence-corrected chi connectivity index (χ3v) is 2.63. The molecule has 0 saturated heterocycles. The van der Waals surface area contributed by atoms with Crippen LogP contribution in [0.2, 0.25) is 5.02 Å². The number of aliphatic hydroxyl groups excluding tert-OH is 1. The number of aryl methyl sites for hydroxylation is 1. The summed E-state index contributed by atoms with van der Waals surface area (Å²) in [5, 5.41) is 12.1. The predicted octanol–water partition coefficient (Wildman–Crippen LogP) is 0.224. The van der Waals surface area contributed by atoms with Crippen LogP contribution in [0.4, 0.5) is 0 Å². The van der Waals surface area contributed by atoms with E-state index in [1.807, 2.05) is 0 Å². The van der Waals surface area contributed by atoms with Gasteiger partial charge in [-0.2, -0.15) is 0 Å². The Morgan fingerprint density at radius 3 is 2.71 bits per heavy atom.